The molecule has 0 atom stereocenters. The number of benzene rings is 2. The fourth-order valence-electron chi connectivity index (χ4n) is 7.07. The smallest absolute Gasteiger partial charge is 0.196 e. The van der Waals surface area contributed by atoms with Gasteiger partial charge in [-0.2, -0.15) is 0 Å². The zero-order valence-corrected chi connectivity index (χ0v) is 21.1. The Hall–Kier alpha value is -2.80. The lowest BCUT2D eigenvalue weighted by molar-refractivity contribution is -0.141. The van der Waals surface area contributed by atoms with Crippen LogP contribution in [-0.4, -0.2) is 40.5 Å². The average molecular weight is 490 g/mol. The highest BCUT2D eigenvalue weighted by Gasteiger charge is 2.54. The second kappa shape index (κ2) is 9.01. The van der Waals surface area contributed by atoms with Crippen LogP contribution in [0.2, 0.25) is 0 Å². The molecule has 4 saturated carbocycles. The van der Waals surface area contributed by atoms with Gasteiger partial charge in [0.05, 0.1) is 20.0 Å². The molecule has 0 saturated heterocycles. The first-order valence-corrected chi connectivity index (χ1v) is 13.5. The van der Waals surface area contributed by atoms with Gasteiger partial charge in [-0.05, 0) is 86.6 Å². The van der Waals surface area contributed by atoms with E-state index in [2.05, 4.69) is 10.2 Å². The van der Waals surface area contributed by atoms with E-state index in [0.29, 0.717) is 28.9 Å². The van der Waals surface area contributed by atoms with Gasteiger partial charge in [0.15, 0.2) is 22.5 Å². The van der Waals surface area contributed by atoms with E-state index in [4.69, 9.17) is 9.47 Å². The van der Waals surface area contributed by atoms with Gasteiger partial charge in [0.25, 0.3) is 0 Å². The minimum absolute atomic E-state index is 0.0917. The van der Waals surface area contributed by atoms with Gasteiger partial charge in [0.2, 0.25) is 0 Å². The Labute approximate surface area is 210 Å². The Kier molecular flexibility index (Phi) is 5.83. The molecule has 4 bridgehead atoms. The summed E-state index contributed by atoms with van der Waals surface area (Å²) >= 11 is 1.52. The summed E-state index contributed by atoms with van der Waals surface area (Å²) in [6.45, 7) is 0. The number of hydrogen-bond donors (Lipinski definition) is 0. The zero-order valence-electron chi connectivity index (χ0n) is 20.3. The number of carbonyl (C=O) groups is 1. The number of ketones is 1. The molecule has 35 heavy (non-hydrogen) atoms. The molecular formula is C28H31N3O3S. The highest BCUT2D eigenvalue weighted by atomic mass is 32.2. The van der Waals surface area contributed by atoms with Crippen LogP contribution in [-0.2, 0) is 4.79 Å². The summed E-state index contributed by atoms with van der Waals surface area (Å²) in [5.41, 5.74) is 1.75. The lowest BCUT2D eigenvalue weighted by atomic mass is 9.48. The van der Waals surface area contributed by atoms with Gasteiger partial charge in [-0.3, -0.25) is 9.36 Å². The number of ether oxygens (including phenoxy) is 2. The van der Waals surface area contributed by atoms with Gasteiger partial charge in [-0.15, -0.1) is 10.2 Å². The topological polar surface area (TPSA) is 66.2 Å². The molecule has 7 rings (SSSR count). The van der Waals surface area contributed by atoms with E-state index in [-0.39, 0.29) is 5.41 Å². The molecule has 0 aliphatic heterocycles. The van der Waals surface area contributed by atoms with Crippen LogP contribution in [0.25, 0.3) is 17.1 Å². The second-order valence-corrected chi connectivity index (χ2v) is 11.4. The molecule has 2 aromatic carbocycles. The lowest BCUT2D eigenvalue weighted by Gasteiger charge is -2.56. The number of para-hydroxylation sites is 1. The third-order valence-electron chi connectivity index (χ3n) is 8.25. The minimum Gasteiger partial charge on any atom is -0.493 e. The fraction of sp³-hybridized carbons (Fsp3) is 0.464. The SMILES string of the molecule is COc1ccc(-c2nnc(SCC(=O)C34CC5CC(CC(C5)C3)C4)n2-c2ccccc2)cc1OC. The fourth-order valence-corrected chi connectivity index (χ4v) is 8.06. The van der Waals surface area contributed by atoms with Gasteiger partial charge in [0.1, 0.15) is 5.78 Å². The lowest BCUT2D eigenvalue weighted by Crippen LogP contribution is -2.50. The third-order valence-corrected chi connectivity index (χ3v) is 9.18. The average Bonchev–Trinajstić information content (AvgIpc) is 3.30. The first kappa shape index (κ1) is 22.7. The van der Waals surface area contributed by atoms with Crippen LogP contribution in [0.15, 0.2) is 53.7 Å². The first-order chi connectivity index (χ1) is 17.1. The van der Waals surface area contributed by atoms with Gasteiger partial charge >= 0.3 is 0 Å². The maximum absolute atomic E-state index is 13.6. The number of hydrogen-bond acceptors (Lipinski definition) is 6. The van der Waals surface area contributed by atoms with Crippen molar-refractivity contribution in [2.75, 3.05) is 20.0 Å². The molecule has 1 heterocycles. The summed E-state index contributed by atoms with van der Waals surface area (Å²) in [5, 5.41) is 9.82. The van der Waals surface area contributed by atoms with E-state index in [9.17, 15) is 4.79 Å². The quantitative estimate of drug-likeness (QED) is 0.371. The predicted octanol–water partition coefficient (Wildman–Crippen LogP) is 5.83. The second-order valence-electron chi connectivity index (χ2n) is 10.5. The van der Waals surface area contributed by atoms with E-state index in [1.807, 2.05) is 53.1 Å². The van der Waals surface area contributed by atoms with E-state index in [0.717, 1.165) is 53.4 Å². The van der Waals surface area contributed by atoms with Gasteiger partial charge in [-0.1, -0.05) is 30.0 Å². The normalized spacial score (nSPS) is 26.6. The molecule has 182 valence electrons. The zero-order chi connectivity index (χ0) is 24.0. The molecule has 3 aromatic rings. The predicted molar refractivity (Wildman–Crippen MR) is 136 cm³/mol. The Balaban J connectivity index is 1.30. The molecule has 1 aromatic heterocycles. The summed E-state index contributed by atoms with van der Waals surface area (Å²) in [7, 11) is 3.25. The molecule has 0 N–H and O–H groups in total. The van der Waals surface area contributed by atoms with Gasteiger partial charge in [0, 0.05) is 16.7 Å². The summed E-state index contributed by atoms with van der Waals surface area (Å²) < 4.78 is 13.0. The Bertz CT molecular complexity index is 1200. The summed E-state index contributed by atoms with van der Waals surface area (Å²) in [6, 6.07) is 15.8. The molecule has 6 nitrogen and oxygen atoms in total. The summed E-state index contributed by atoms with van der Waals surface area (Å²) in [6.07, 6.45) is 7.33. The van der Waals surface area contributed by atoms with Crippen LogP contribution >= 0.6 is 11.8 Å². The standard InChI is InChI=1S/C28H31N3O3S/c1-33-23-9-8-21(13-24(23)34-2)26-29-30-27(31(26)22-6-4-3-5-7-22)35-17-25(32)28-14-18-10-19(15-28)12-20(11-18)16-28/h3-9,13,18-20H,10-12,14-17H2,1-2H3. The van der Waals surface area contributed by atoms with Crippen LogP contribution in [0.3, 0.4) is 0 Å². The largest absolute Gasteiger partial charge is 0.493 e. The molecule has 0 spiro atoms. The third kappa shape index (κ3) is 4.03. The van der Waals surface area contributed by atoms with Crippen molar-refractivity contribution in [3.05, 3.63) is 48.5 Å². The van der Waals surface area contributed by atoms with Crippen LogP contribution in [0, 0.1) is 23.2 Å². The molecule has 4 aliphatic rings. The Morgan fingerprint density at radius 1 is 0.943 bits per heavy atom. The molecular weight excluding hydrogens is 458 g/mol. The number of thioether (sulfide) groups is 1. The number of methoxy groups -OCH3 is 2. The number of Topliss-reactive ketones (excluding diaryl/α,β-unsaturated/α-hetero) is 1. The van der Waals surface area contributed by atoms with Gasteiger partial charge in [-0.25, -0.2) is 0 Å². The molecule has 4 aliphatic carbocycles. The summed E-state index contributed by atoms with van der Waals surface area (Å²) in [4.78, 5) is 13.6. The van der Waals surface area contributed by atoms with Crippen LogP contribution in [0.5, 0.6) is 11.5 Å². The highest BCUT2D eigenvalue weighted by Crippen LogP contribution is 2.60. The molecule has 0 radical (unpaired) electrons. The first-order valence-electron chi connectivity index (χ1n) is 12.5. The maximum atomic E-state index is 13.6. The van der Waals surface area contributed by atoms with Gasteiger partial charge < -0.3 is 9.47 Å². The van der Waals surface area contributed by atoms with Crippen molar-refractivity contribution in [3.63, 3.8) is 0 Å². The highest BCUT2D eigenvalue weighted by molar-refractivity contribution is 7.99. The van der Waals surface area contributed by atoms with E-state index in [1.165, 1.54) is 31.0 Å². The molecule has 0 unspecified atom stereocenters. The van der Waals surface area contributed by atoms with Crippen molar-refractivity contribution in [2.45, 2.75) is 43.7 Å². The van der Waals surface area contributed by atoms with E-state index < -0.39 is 0 Å². The van der Waals surface area contributed by atoms with Crippen molar-refractivity contribution in [3.8, 4) is 28.6 Å². The van der Waals surface area contributed by atoms with Crippen LogP contribution in [0.4, 0.5) is 0 Å². The minimum atomic E-state index is -0.0917. The number of rotatable bonds is 8. The monoisotopic (exact) mass is 489 g/mol. The van der Waals surface area contributed by atoms with Crippen molar-refractivity contribution < 1.29 is 14.3 Å². The molecule has 4 fully saturated rings. The number of nitrogens with zero attached hydrogens (tertiary/aromatic N) is 3. The van der Waals surface area contributed by atoms with Crippen LogP contribution in [0.1, 0.15) is 38.5 Å². The van der Waals surface area contributed by atoms with Crippen molar-refractivity contribution in [1.29, 1.82) is 0 Å². The van der Waals surface area contributed by atoms with Crippen molar-refractivity contribution >= 4 is 17.5 Å². The Morgan fingerprint density at radius 3 is 2.23 bits per heavy atom. The summed E-state index contributed by atoms with van der Waals surface area (Å²) in [5.74, 6) is 5.16. The molecule has 0 amide bonds. The van der Waals surface area contributed by atoms with E-state index >= 15 is 0 Å². The Morgan fingerprint density at radius 2 is 1.60 bits per heavy atom. The molecule has 7 heteroatoms. The number of aromatic nitrogens is 3. The maximum Gasteiger partial charge on any atom is 0.196 e. The van der Waals surface area contributed by atoms with Crippen molar-refractivity contribution in [2.24, 2.45) is 23.2 Å². The van der Waals surface area contributed by atoms with Crippen molar-refractivity contribution in [1.82, 2.24) is 14.8 Å². The van der Waals surface area contributed by atoms with E-state index in [1.54, 1.807) is 14.2 Å². The van der Waals surface area contributed by atoms with Crippen LogP contribution < -0.4 is 9.47 Å². The number of carbonyl (C=O) groups excluding carboxylic acids is 1.